The maximum atomic E-state index is 13.1. The summed E-state index contributed by atoms with van der Waals surface area (Å²) in [6, 6.07) is 16.7. The number of nitrogens with two attached hydrogens (primary N) is 1. The fourth-order valence-corrected chi connectivity index (χ4v) is 3.93. The highest BCUT2D eigenvalue weighted by Crippen LogP contribution is 2.29. The molecule has 1 amide bonds. The largest absolute Gasteiger partial charge is 0.451 e. The number of carbonyl (C=O) groups is 2. The second kappa shape index (κ2) is 10.2. The molecule has 8 nitrogen and oxygen atoms in total. The first kappa shape index (κ1) is 22.4. The van der Waals surface area contributed by atoms with Crippen LogP contribution in [0, 0.1) is 0 Å². The maximum Gasteiger partial charge on any atom is 0.361 e. The van der Waals surface area contributed by atoms with Crippen LogP contribution in [0.25, 0.3) is 11.3 Å². The SMILES string of the molecule is Nc1nccnc1C(=O)OCC(=O)N(Cc1ccccc1)c1nc(-c2ccc(Cl)cc2)cs1. The Morgan fingerprint density at radius 1 is 1.03 bits per heavy atom. The van der Waals surface area contributed by atoms with Crippen LogP contribution in [0.4, 0.5) is 10.9 Å². The molecule has 2 heterocycles. The van der Waals surface area contributed by atoms with E-state index in [1.54, 1.807) is 12.1 Å². The van der Waals surface area contributed by atoms with Crippen LogP contribution in [0.3, 0.4) is 0 Å². The van der Waals surface area contributed by atoms with E-state index < -0.39 is 18.5 Å². The van der Waals surface area contributed by atoms with E-state index in [2.05, 4.69) is 15.0 Å². The topological polar surface area (TPSA) is 111 Å². The number of esters is 1. The number of amides is 1. The second-order valence-corrected chi connectivity index (χ2v) is 8.13. The van der Waals surface area contributed by atoms with Gasteiger partial charge in [0.25, 0.3) is 5.91 Å². The van der Waals surface area contributed by atoms with Gasteiger partial charge in [0, 0.05) is 28.4 Å². The first-order valence-corrected chi connectivity index (χ1v) is 11.1. The third-order valence-electron chi connectivity index (χ3n) is 4.59. The molecule has 10 heteroatoms. The summed E-state index contributed by atoms with van der Waals surface area (Å²) in [5.41, 5.74) is 8.01. The van der Waals surface area contributed by atoms with Gasteiger partial charge in [0.15, 0.2) is 23.3 Å². The van der Waals surface area contributed by atoms with E-state index in [1.807, 2.05) is 47.8 Å². The first-order chi connectivity index (χ1) is 16.0. The lowest BCUT2D eigenvalue weighted by atomic mass is 10.2. The smallest absolute Gasteiger partial charge is 0.361 e. The fraction of sp³-hybridized carbons (Fsp3) is 0.0870. The minimum atomic E-state index is -0.824. The zero-order valence-electron chi connectivity index (χ0n) is 17.2. The van der Waals surface area contributed by atoms with Gasteiger partial charge >= 0.3 is 5.97 Å². The molecule has 0 aliphatic heterocycles. The van der Waals surface area contributed by atoms with E-state index in [-0.39, 0.29) is 18.1 Å². The lowest BCUT2D eigenvalue weighted by Crippen LogP contribution is -2.34. The van der Waals surface area contributed by atoms with Gasteiger partial charge in [-0.3, -0.25) is 9.69 Å². The quantitative estimate of drug-likeness (QED) is 0.395. The van der Waals surface area contributed by atoms with Gasteiger partial charge in [-0.05, 0) is 17.7 Å². The standard InChI is InChI=1S/C23H18ClN5O3S/c24-17-8-6-16(7-9-17)18-14-33-23(28-18)29(12-15-4-2-1-3-5-15)19(30)13-32-22(31)20-21(25)27-11-10-26-20/h1-11,14H,12-13H2,(H2,25,27). The molecule has 166 valence electrons. The fourth-order valence-electron chi connectivity index (χ4n) is 2.95. The molecule has 0 radical (unpaired) electrons. The van der Waals surface area contributed by atoms with Crippen molar-refractivity contribution in [1.82, 2.24) is 15.0 Å². The number of halogens is 1. The molecule has 0 saturated heterocycles. The van der Waals surface area contributed by atoms with Crippen LogP contribution >= 0.6 is 22.9 Å². The molecule has 0 atom stereocenters. The Hall–Kier alpha value is -3.82. The number of aromatic nitrogens is 3. The lowest BCUT2D eigenvalue weighted by Gasteiger charge is -2.20. The Kier molecular flexibility index (Phi) is 6.92. The average molecular weight is 480 g/mol. The molecule has 0 bridgehead atoms. The normalized spacial score (nSPS) is 10.6. The van der Waals surface area contributed by atoms with Crippen molar-refractivity contribution < 1.29 is 14.3 Å². The molecule has 0 aliphatic rings. The van der Waals surface area contributed by atoms with Gasteiger partial charge in [0.05, 0.1) is 12.2 Å². The molecule has 2 aromatic carbocycles. The van der Waals surface area contributed by atoms with Crippen LogP contribution in [0.2, 0.25) is 5.02 Å². The third kappa shape index (κ3) is 5.51. The van der Waals surface area contributed by atoms with Crippen molar-refractivity contribution in [3.05, 3.63) is 88.7 Å². The van der Waals surface area contributed by atoms with Crippen molar-refractivity contribution >= 4 is 45.8 Å². The highest BCUT2D eigenvalue weighted by atomic mass is 35.5. The number of hydrogen-bond donors (Lipinski definition) is 1. The third-order valence-corrected chi connectivity index (χ3v) is 5.71. The predicted octanol–water partition coefficient (Wildman–Crippen LogP) is 4.23. The van der Waals surface area contributed by atoms with Gasteiger partial charge in [0.2, 0.25) is 0 Å². The van der Waals surface area contributed by atoms with E-state index >= 15 is 0 Å². The number of hydrogen-bond acceptors (Lipinski definition) is 8. The Morgan fingerprint density at radius 3 is 2.48 bits per heavy atom. The summed E-state index contributed by atoms with van der Waals surface area (Å²) in [6.45, 7) is -0.240. The summed E-state index contributed by atoms with van der Waals surface area (Å²) >= 11 is 7.29. The molecule has 0 fully saturated rings. The molecule has 2 N–H and O–H groups in total. The van der Waals surface area contributed by atoms with E-state index in [4.69, 9.17) is 22.1 Å². The van der Waals surface area contributed by atoms with Crippen molar-refractivity contribution in [2.75, 3.05) is 17.2 Å². The van der Waals surface area contributed by atoms with Crippen molar-refractivity contribution in [2.24, 2.45) is 0 Å². The van der Waals surface area contributed by atoms with Crippen LogP contribution in [0.5, 0.6) is 0 Å². The highest BCUT2D eigenvalue weighted by Gasteiger charge is 2.23. The number of benzene rings is 2. The summed E-state index contributed by atoms with van der Waals surface area (Å²) in [7, 11) is 0. The van der Waals surface area contributed by atoms with Gasteiger partial charge in [-0.25, -0.2) is 19.7 Å². The summed E-state index contributed by atoms with van der Waals surface area (Å²) in [5, 5.41) is 2.96. The summed E-state index contributed by atoms with van der Waals surface area (Å²) in [6.07, 6.45) is 2.68. The average Bonchev–Trinajstić information content (AvgIpc) is 3.32. The number of thiazole rings is 1. The van der Waals surface area contributed by atoms with Crippen LogP contribution in [0.1, 0.15) is 16.1 Å². The minimum Gasteiger partial charge on any atom is -0.451 e. The number of carbonyl (C=O) groups excluding carboxylic acids is 2. The Labute approximate surface area is 198 Å². The zero-order chi connectivity index (χ0) is 23.2. The molecule has 0 spiro atoms. The number of ether oxygens (including phenoxy) is 1. The maximum absolute atomic E-state index is 13.1. The number of rotatable bonds is 7. The van der Waals surface area contributed by atoms with Crippen molar-refractivity contribution in [1.29, 1.82) is 0 Å². The van der Waals surface area contributed by atoms with Crippen LogP contribution in [-0.2, 0) is 16.1 Å². The van der Waals surface area contributed by atoms with Gasteiger partial charge in [-0.15, -0.1) is 11.3 Å². The molecule has 0 aliphatic carbocycles. The van der Waals surface area contributed by atoms with E-state index in [0.29, 0.717) is 15.8 Å². The zero-order valence-corrected chi connectivity index (χ0v) is 18.8. The molecular weight excluding hydrogens is 462 g/mol. The molecule has 0 unspecified atom stereocenters. The number of nitrogens with zero attached hydrogens (tertiary/aromatic N) is 4. The molecule has 33 heavy (non-hydrogen) atoms. The van der Waals surface area contributed by atoms with Crippen molar-refractivity contribution in [3.8, 4) is 11.3 Å². The minimum absolute atomic E-state index is 0.0661. The van der Waals surface area contributed by atoms with Crippen LogP contribution < -0.4 is 10.6 Å². The molecule has 2 aromatic heterocycles. The Bertz CT molecular complexity index is 1260. The molecular formula is C23H18ClN5O3S. The summed E-state index contributed by atoms with van der Waals surface area (Å²) in [4.78, 5) is 39.2. The van der Waals surface area contributed by atoms with Crippen molar-refractivity contribution in [2.45, 2.75) is 6.54 Å². The van der Waals surface area contributed by atoms with Crippen LogP contribution in [0.15, 0.2) is 72.4 Å². The summed E-state index contributed by atoms with van der Waals surface area (Å²) < 4.78 is 5.17. The number of anilines is 2. The van der Waals surface area contributed by atoms with Gasteiger partial charge in [0.1, 0.15) is 0 Å². The van der Waals surface area contributed by atoms with Gasteiger partial charge < -0.3 is 10.5 Å². The Balaban J connectivity index is 1.54. The monoisotopic (exact) mass is 479 g/mol. The number of nitrogen functional groups attached to an aromatic ring is 1. The summed E-state index contributed by atoms with van der Waals surface area (Å²) in [5.74, 6) is -1.33. The second-order valence-electron chi connectivity index (χ2n) is 6.85. The molecule has 4 aromatic rings. The van der Waals surface area contributed by atoms with Gasteiger partial charge in [-0.1, -0.05) is 54.1 Å². The molecule has 4 rings (SSSR count). The van der Waals surface area contributed by atoms with E-state index in [0.717, 1.165) is 11.1 Å². The van der Waals surface area contributed by atoms with Gasteiger partial charge in [-0.2, -0.15) is 0 Å². The van der Waals surface area contributed by atoms with E-state index in [9.17, 15) is 9.59 Å². The lowest BCUT2D eigenvalue weighted by molar-refractivity contribution is -0.121. The highest BCUT2D eigenvalue weighted by molar-refractivity contribution is 7.14. The molecule has 0 saturated carbocycles. The van der Waals surface area contributed by atoms with Crippen molar-refractivity contribution in [3.63, 3.8) is 0 Å². The van der Waals surface area contributed by atoms with Crippen LogP contribution in [-0.4, -0.2) is 33.4 Å². The van der Waals surface area contributed by atoms with E-state index in [1.165, 1.54) is 28.6 Å². The Morgan fingerprint density at radius 2 is 1.76 bits per heavy atom. The predicted molar refractivity (Wildman–Crippen MR) is 127 cm³/mol. The first-order valence-electron chi connectivity index (χ1n) is 9.80.